The number of carbonyl (C=O) groups is 2. The van der Waals surface area contributed by atoms with E-state index >= 15 is 0 Å². The molecule has 3 amide bonds. The summed E-state index contributed by atoms with van der Waals surface area (Å²) in [7, 11) is 0. The van der Waals surface area contributed by atoms with Crippen LogP contribution < -0.4 is 10.6 Å². The third-order valence-electron chi connectivity index (χ3n) is 5.19. The molecule has 3 rings (SSSR count). The molecule has 1 atom stereocenters. The molecule has 1 saturated heterocycles. The summed E-state index contributed by atoms with van der Waals surface area (Å²) in [6, 6.07) is 10.9. The van der Waals surface area contributed by atoms with Crippen molar-refractivity contribution >= 4 is 17.6 Å². The molecule has 1 aliphatic heterocycles. The van der Waals surface area contributed by atoms with Gasteiger partial charge in [-0.3, -0.25) is 4.79 Å². The number of amides is 3. The molecule has 31 heavy (non-hydrogen) atoms. The van der Waals surface area contributed by atoms with E-state index in [2.05, 4.69) is 17.2 Å². The van der Waals surface area contributed by atoms with Crippen LogP contribution in [0.3, 0.4) is 0 Å². The number of urea groups is 1. The first-order valence-electron chi connectivity index (χ1n) is 10.0. The number of nitrogens with one attached hydrogen (secondary N) is 2. The second-order valence-corrected chi connectivity index (χ2v) is 7.33. The summed E-state index contributed by atoms with van der Waals surface area (Å²) in [6.07, 6.45) is -0.409. The Morgan fingerprint density at radius 1 is 1.06 bits per heavy atom. The van der Waals surface area contributed by atoms with Gasteiger partial charge in [0.25, 0.3) is 5.91 Å². The Bertz CT molecular complexity index is 925. The van der Waals surface area contributed by atoms with Crippen LogP contribution in [0.5, 0.6) is 0 Å². The molecule has 0 bridgehead atoms. The highest BCUT2D eigenvalue weighted by Crippen LogP contribution is 2.34. The number of hydrogen-bond donors (Lipinski definition) is 2. The number of likely N-dealkylation sites (tertiary alicyclic amines) is 1. The van der Waals surface area contributed by atoms with Crippen LogP contribution >= 0.6 is 0 Å². The first kappa shape index (κ1) is 22.4. The Labute approximate surface area is 178 Å². The Hall–Kier alpha value is -3.29. The molecule has 0 aliphatic carbocycles. The number of piperidine rings is 1. The fourth-order valence-electron chi connectivity index (χ4n) is 3.58. The number of alkyl halides is 3. The average molecular weight is 431 g/mol. The zero-order valence-corrected chi connectivity index (χ0v) is 16.9. The van der Waals surface area contributed by atoms with Crippen LogP contribution in [-0.2, 0) is 6.18 Å². The highest BCUT2D eigenvalue weighted by atomic mass is 19.4. The van der Waals surface area contributed by atoms with E-state index in [1.807, 2.05) is 0 Å². The standard InChI is InChI=1S/C23H24F3N3O2/c1-2-14-27-21(30)17-8-12-19(13-9-17)28-22(31)29-15-4-3-5-20(29)16-6-10-18(11-7-16)23(24,25)26/h2,6-13,20H,1,3-5,14-15H2,(H,27,30)(H,28,31). The molecule has 1 aliphatic rings. The van der Waals surface area contributed by atoms with E-state index in [9.17, 15) is 22.8 Å². The summed E-state index contributed by atoms with van der Waals surface area (Å²) in [4.78, 5) is 26.5. The van der Waals surface area contributed by atoms with Crippen molar-refractivity contribution in [2.24, 2.45) is 0 Å². The van der Waals surface area contributed by atoms with Crippen molar-refractivity contribution in [3.05, 3.63) is 77.9 Å². The van der Waals surface area contributed by atoms with Gasteiger partial charge in [0.05, 0.1) is 11.6 Å². The Morgan fingerprint density at radius 3 is 2.35 bits per heavy atom. The molecule has 1 heterocycles. The summed E-state index contributed by atoms with van der Waals surface area (Å²) in [6.45, 7) is 4.42. The van der Waals surface area contributed by atoms with E-state index in [1.54, 1.807) is 35.2 Å². The third kappa shape index (κ3) is 5.65. The quantitative estimate of drug-likeness (QED) is 0.625. The molecular weight excluding hydrogens is 407 g/mol. The van der Waals surface area contributed by atoms with Gasteiger partial charge in [0.2, 0.25) is 0 Å². The first-order valence-corrected chi connectivity index (χ1v) is 10.0. The number of rotatable bonds is 5. The highest BCUT2D eigenvalue weighted by Gasteiger charge is 2.32. The van der Waals surface area contributed by atoms with Gasteiger partial charge in [-0.25, -0.2) is 4.79 Å². The maximum absolute atomic E-state index is 12.9. The molecule has 0 saturated carbocycles. The summed E-state index contributed by atoms with van der Waals surface area (Å²) in [5, 5.41) is 5.49. The van der Waals surface area contributed by atoms with Crippen LogP contribution in [-0.4, -0.2) is 29.9 Å². The van der Waals surface area contributed by atoms with E-state index in [0.717, 1.165) is 25.0 Å². The van der Waals surface area contributed by atoms with Crippen molar-refractivity contribution < 1.29 is 22.8 Å². The smallest absolute Gasteiger partial charge is 0.349 e. The van der Waals surface area contributed by atoms with Crippen molar-refractivity contribution in [2.45, 2.75) is 31.5 Å². The molecule has 2 N–H and O–H groups in total. The van der Waals surface area contributed by atoms with Gasteiger partial charge in [0.1, 0.15) is 0 Å². The number of hydrogen-bond acceptors (Lipinski definition) is 2. The maximum atomic E-state index is 12.9. The predicted octanol–water partition coefficient (Wildman–Crippen LogP) is 5.38. The fourth-order valence-corrected chi connectivity index (χ4v) is 3.58. The number of nitrogens with zero attached hydrogens (tertiary/aromatic N) is 1. The Balaban J connectivity index is 1.69. The van der Waals surface area contributed by atoms with Gasteiger partial charge in [-0.2, -0.15) is 13.2 Å². The fraction of sp³-hybridized carbons (Fsp3) is 0.304. The molecule has 5 nitrogen and oxygen atoms in total. The van der Waals surface area contributed by atoms with Crippen LogP contribution in [0.15, 0.2) is 61.2 Å². The van der Waals surface area contributed by atoms with Gasteiger partial charge in [-0.05, 0) is 61.2 Å². The molecular formula is C23H24F3N3O2. The lowest BCUT2D eigenvalue weighted by atomic mass is 9.95. The minimum Gasteiger partial charge on any atom is -0.349 e. The van der Waals surface area contributed by atoms with E-state index in [4.69, 9.17) is 0 Å². The van der Waals surface area contributed by atoms with Crippen LogP contribution in [0.4, 0.5) is 23.7 Å². The Kier molecular flexibility index (Phi) is 6.99. The van der Waals surface area contributed by atoms with E-state index < -0.39 is 11.7 Å². The molecule has 2 aromatic carbocycles. The molecule has 1 unspecified atom stereocenters. The van der Waals surface area contributed by atoms with Gasteiger partial charge in [-0.1, -0.05) is 18.2 Å². The SMILES string of the molecule is C=CCNC(=O)c1ccc(NC(=O)N2CCCCC2c2ccc(C(F)(F)F)cc2)cc1. The van der Waals surface area contributed by atoms with Crippen molar-refractivity contribution in [3.63, 3.8) is 0 Å². The van der Waals surface area contributed by atoms with Crippen molar-refractivity contribution in [1.82, 2.24) is 10.2 Å². The lowest BCUT2D eigenvalue weighted by Gasteiger charge is -2.36. The average Bonchev–Trinajstić information content (AvgIpc) is 2.77. The maximum Gasteiger partial charge on any atom is 0.416 e. The number of halogens is 3. The summed E-state index contributed by atoms with van der Waals surface area (Å²) in [5.41, 5.74) is 0.958. The summed E-state index contributed by atoms with van der Waals surface area (Å²) >= 11 is 0. The molecule has 164 valence electrons. The highest BCUT2D eigenvalue weighted by molar-refractivity contribution is 5.95. The molecule has 0 spiro atoms. The molecule has 2 aromatic rings. The monoisotopic (exact) mass is 431 g/mol. The number of carbonyl (C=O) groups excluding carboxylic acids is 2. The lowest BCUT2D eigenvalue weighted by molar-refractivity contribution is -0.137. The normalized spacial score (nSPS) is 16.5. The summed E-state index contributed by atoms with van der Waals surface area (Å²) < 4.78 is 38.5. The molecule has 0 aromatic heterocycles. The van der Waals surface area contributed by atoms with E-state index in [1.165, 1.54) is 12.1 Å². The minimum atomic E-state index is -4.39. The molecule has 1 fully saturated rings. The zero-order chi connectivity index (χ0) is 22.4. The van der Waals surface area contributed by atoms with E-state index in [-0.39, 0.29) is 18.0 Å². The largest absolute Gasteiger partial charge is 0.416 e. The van der Waals surface area contributed by atoms with Crippen molar-refractivity contribution in [3.8, 4) is 0 Å². The number of benzene rings is 2. The minimum absolute atomic E-state index is 0.240. The zero-order valence-electron chi connectivity index (χ0n) is 16.9. The Morgan fingerprint density at radius 2 is 1.74 bits per heavy atom. The first-order chi connectivity index (χ1) is 14.8. The molecule has 0 radical (unpaired) electrons. The van der Waals surface area contributed by atoms with Gasteiger partial charge < -0.3 is 15.5 Å². The summed E-state index contributed by atoms with van der Waals surface area (Å²) in [5.74, 6) is -0.240. The second kappa shape index (κ2) is 9.68. The van der Waals surface area contributed by atoms with Crippen LogP contribution in [0.2, 0.25) is 0 Å². The van der Waals surface area contributed by atoms with Gasteiger partial charge in [-0.15, -0.1) is 6.58 Å². The van der Waals surface area contributed by atoms with Gasteiger partial charge >= 0.3 is 12.2 Å². The van der Waals surface area contributed by atoms with Crippen LogP contribution in [0, 0.1) is 0 Å². The number of anilines is 1. The van der Waals surface area contributed by atoms with Crippen molar-refractivity contribution in [1.29, 1.82) is 0 Å². The van der Waals surface area contributed by atoms with Crippen LogP contribution in [0.1, 0.15) is 46.8 Å². The van der Waals surface area contributed by atoms with Crippen LogP contribution in [0.25, 0.3) is 0 Å². The lowest BCUT2D eigenvalue weighted by Crippen LogP contribution is -2.41. The third-order valence-corrected chi connectivity index (χ3v) is 5.19. The van der Waals surface area contributed by atoms with E-state index in [0.29, 0.717) is 36.3 Å². The topological polar surface area (TPSA) is 61.4 Å². The molecule has 8 heteroatoms. The predicted molar refractivity (Wildman–Crippen MR) is 113 cm³/mol. The van der Waals surface area contributed by atoms with Crippen molar-refractivity contribution in [2.75, 3.05) is 18.4 Å². The second-order valence-electron chi connectivity index (χ2n) is 7.33. The van der Waals surface area contributed by atoms with Gasteiger partial charge in [0, 0.05) is 24.3 Å². The van der Waals surface area contributed by atoms with Gasteiger partial charge in [0.15, 0.2) is 0 Å².